The molecule has 9 nitrogen and oxygen atoms in total. The van der Waals surface area contributed by atoms with Crippen LogP contribution < -0.4 is 0 Å². The van der Waals surface area contributed by atoms with Gasteiger partial charge in [-0.15, -0.1) is 0 Å². The topological polar surface area (TPSA) is 94.6 Å². The Bertz CT molecular complexity index is 976. The van der Waals surface area contributed by atoms with Gasteiger partial charge < -0.3 is 28.7 Å². The van der Waals surface area contributed by atoms with Crippen LogP contribution in [0.2, 0.25) is 0 Å². The van der Waals surface area contributed by atoms with E-state index in [1.807, 2.05) is 11.8 Å². The molecule has 0 atom stereocenters. The zero-order chi connectivity index (χ0) is 48.6. The molecule has 0 radical (unpaired) electrons. The second-order valence-electron chi connectivity index (χ2n) is 20.0. The highest BCUT2D eigenvalue weighted by Crippen LogP contribution is 2.21. The zero-order valence-corrected chi connectivity index (χ0v) is 45.1. The number of esters is 2. The lowest BCUT2D eigenvalue weighted by atomic mass is 10.0. The SMILES string of the molecule is CCCCCCC(CCCCCC)OC(=O)CCCCCCCCC(CCCCCCCCC(=O)OC(CCCCCC)CCCCCC)OC(=O)N(CCCCOCC)CCCN(C)C. The van der Waals surface area contributed by atoms with Gasteiger partial charge in [-0.1, -0.05) is 156 Å². The minimum Gasteiger partial charge on any atom is -0.462 e. The maximum Gasteiger partial charge on any atom is 0.410 e. The van der Waals surface area contributed by atoms with E-state index in [9.17, 15) is 14.4 Å². The third kappa shape index (κ3) is 43.4. The fraction of sp³-hybridized carbons (Fsp3) is 0.947. The fourth-order valence-electron chi connectivity index (χ4n) is 8.91. The standard InChI is InChI=1S/C57H112N2O7/c1-8-13-17-29-40-52(41-30-18-14-9-2)64-55(60)46-35-27-23-21-25-33-44-54(66-57(62)59(50-39-48-58(6)7)49-37-38-51-63-12-5)45-34-26-22-24-28-36-47-56(61)65-53(42-31-19-15-10-3)43-32-20-16-11-4/h52-54H,8-51H2,1-7H3. The molecule has 392 valence electrons. The molecule has 0 saturated carbocycles. The first-order chi connectivity index (χ1) is 32.2. The normalized spacial score (nSPS) is 11.7. The number of carbonyl (C=O) groups is 3. The molecule has 0 aromatic heterocycles. The monoisotopic (exact) mass is 937 g/mol. The number of rotatable bonds is 51. The van der Waals surface area contributed by atoms with Crippen LogP contribution in [0.1, 0.15) is 285 Å². The van der Waals surface area contributed by atoms with Gasteiger partial charge in [-0.25, -0.2) is 4.79 Å². The summed E-state index contributed by atoms with van der Waals surface area (Å²) in [5.74, 6) is -0.0172. The molecule has 0 heterocycles. The van der Waals surface area contributed by atoms with Crippen molar-refractivity contribution in [1.82, 2.24) is 9.80 Å². The number of hydrogen-bond donors (Lipinski definition) is 0. The number of nitrogens with zero attached hydrogens (tertiary/aromatic N) is 2. The summed E-state index contributed by atoms with van der Waals surface area (Å²) < 4.78 is 23.9. The van der Waals surface area contributed by atoms with Gasteiger partial charge >= 0.3 is 18.0 Å². The lowest BCUT2D eigenvalue weighted by Crippen LogP contribution is -2.37. The molecule has 66 heavy (non-hydrogen) atoms. The maximum absolute atomic E-state index is 13.7. The highest BCUT2D eigenvalue weighted by Gasteiger charge is 2.21. The second kappa shape index (κ2) is 49.5. The number of hydrogen-bond acceptors (Lipinski definition) is 8. The zero-order valence-electron chi connectivity index (χ0n) is 45.1. The molecule has 0 aliphatic rings. The smallest absolute Gasteiger partial charge is 0.410 e. The maximum atomic E-state index is 13.7. The molecular weight excluding hydrogens is 825 g/mol. The first-order valence-electron chi connectivity index (χ1n) is 28.8. The number of amides is 1. The van der Waals surface area contributed by atoms with Crippen LogP contribution in [0.15, 0.2) is 0 Å². The van der Waals surface area contributed by atoms with E-state index in [0.29, 0.717) is 25.9 Å². The number of unbranched alkanes of at least 4 members (excludes halogenated alkanes) is 23. The summed E-state index contributed by atoms with van der Waals surface area (Å²) in [6, 6.07) is 0. The van der Waals surface area contributed by atoms with Crippen molar-refractivity contribution in [3.8, 4) is 0 Å². The molecule has 1 amide bonds. The molecule has 0 unspecified atom stereocenters. The van der Waals surface area contributed by atoms with Crippen LogP contribution in [0, 0.1) is 0 Å². The predicted octanol–water partition coefficient (Wildman–Crippen LogP) is 16.5. The van der Waals surface area contributed by atoms with E-state index in [4.69, 9.17) is 18.9 Å². The van der Waals surface area contributed by atoms with Gasteiger partial charge in [-0.2, -0.15) is 0 Å². The van der Waals surface area contributed by atoms with Crippen LogP contribution in [0.5, 0.6) is 0 Å². The average molecular weight is 938 g/mol. The molecule has 0 bridgehead atoms. The molecule has 0 spiro atoms. The fourth-order valence-corrected chi connectivity index (χ4v) is 8.91. The molecule has 0 N–H and O–H groups in total. The van der Waals surface area contributed by atoms with Crippen molar-refractivity contribution in [1.29, 1.82) is 0 Å². The van der Waals surface area contributed by atoms with Crippen LogP contribution in [-0.2, 0) is 28.5 Å². The van der Waals surface area contributed by atoms with E-state index in [-0.39, 0.29) is 36.3 Å². The van der Waals surface area contributed by atoms with E-state index in [0.717, 1.165) is 180 Å². The van der Waals surface area contributed by atoms with E-state index in [2.05, 4.69) is 46.7 Å². The van der Waals surface area contributed by atoms with Crippen molar-refractivity contribution in [3.05, 3.63) is 0 Å². The average Bonchev–Trinajstić information content (AvgIpc) is 3.29. The van der Waals surface area contributed by atoms with Gasteiger partial charge in [0, 0.05) is 39.1 Å². The Kier molecular flexibility index (Phi) is 48.1. The largest absolute Gasteiger partial charge is 0.462 e. The number of carbonyl (C=O) groups excluding carboxylic acids is 3. The minimum atomic E-state index is -0.165. The number of ether oxygens (including phenoxy) is 4. The first-order valence-corrected chi connectivity index (χ1v) is 28.8. The van der Waals surface area contributed by atoms with Gasteiger partial charge in [0.15, 0.2) is 0 Å². The van der Waals surface area contributed by atoms with Gasteiger partial charge in [0.25, 0.3) is 0 Å². The van der Waals surface area contributed by atoms with Crippen LogP contribution in [-0.4, -0.2) is 93.1 Å². The molecule has 0 rings (SSSR count). The Hall–Kier alpha value is -1.87. The second-order valence-corrected chi connectivity index (χ2v) is 20.0. The van der Waals surface area contributed by atoms with Gasteiger partial charge in [0.2, 0.25) is 0 Å². The van der Waals surface area contributed by atoms with Crippen molar-refractivity contribution in [2.24, 2.45) is 0 Å². The van der Waals surface area contributed by atoms with Gasteiger partial charge in [0.05, 0.1) is 0 Å². The van der Waals surface area contributed by atoms with Gasteiger partial charge in [-0.3, -0.25) is 9.59 Å². The van der Waals surface area contributed by atoms with Crippen molar-refractivity contribution in [3.63, 3.8) is 0 Å². The summed E-state index contributed by atoms with van der Waals surface area (Å²) in [6.07, 6.45) is 41.8. The van der Waals surface area contributed by atoms with E-state index < -0.39 is 0 Å². The summed E-state index contributed by atoms with van der Waals surface area (Å²) in [7, 11) is 4.15. The molecule has 0 aliphatic heterocycles. The first kappa shape index (κ1) is 64.1. The third-order valence-corrected chi connectivity index (χ3v) is 13.2. The predicted molar refractivity (Wildman–Crippen MR) is 279 cm³/mol. The molecule has 0 aromatic carbocycles. The highest BCUT2D eigenvalue weighted by molar-refractivity contribution is 5.70. The summed E-state index contributed by atoms with van der Waals surface area (Å²) in [6.45, 7) is 14.8. The molecule has 0 aromatic rings. The van der Waals surface area contributed by atoms with Crippen LogP contribution in [0.25, 0.3) is 0 Å². The Morgan fingerprint density at radius 1 is 0.364 bits per heavy atom. The van der Waals surface area contributed by atoms with Gasteiger partial charge in [0.1, 0.15) is 18.3 Å². The quantitative estimate of drug-likeness (QED) is 0.0338. The van der Waals surface area contributed by atoms with E-state index in [1.165, 1.54) is 77.0 Å². The Labute approximate surface area is 410 Å². The van der Waals surface area contributed by atoms with Crippen molar-refractivity contribution in [2.75, 3.05) is 46.9 Å². The molecule has 0 saturated heterocycles. The summed E-state index contributed by atoms with van der Waals surface area (Å²) >= 11 is 0. The van der Waals surface area contributed by atoms with E-state index in [1.54, 1.807) is 0 Å². The van der Waals surface area contributed by atoms with Crippen molar-refractivity contribution in [2.45, 2.75) is 303 Å². The highest BCUT2D eigenvalue weighted by atomic mass is 16.6. The lowest BCUT2D eigenvalue weighted by molar-refractivity contribution is -0.151. The van der Waals surface area contributed by atoms with Crippen LogP contribution in [0.3, 0.4) is 0 Å². The molecule has 9 heteroatoms. The Morgan fingerprint density at radius 2 is 0.697 bits per heavy atom. The van der Waals surface area contributed by atoms with Crippen LogP contribution >= 0.6 is 0 Å². The summed E-state index contributed by atoms with van der Waals surface area (Å²) in [4.78, 5) is 43.4. The summed E-state index contributed by atoms with van der Waals surface area (Å²) in [5, 5.41) is 0. The minimum absolute atomic E-state index is 0.00862. The van der Waals surface area contributed by atoms with E-state index >= 15 is 0 Å². The van der Waals surface area contributed by atoms with Crippen LogP contribution in [0.4, 0.5) is 4.79 Å². The van der Waals surface area contributed by atoms with Crippen molar-refractivity contribution < 1.29 is 33.3 Å². The lowest BCUT2D eigenvalue weighted by Gasteiger charge is -2.26. The molecule has 0 fully saturated rings. The molecular formula is C57H112N2O7. The summed E-state index contributed by atoms with van der Waals surface area (Å²) in [5.41, 5.74) is 0. The Morgan fingerprint density at radius 3 is 1.06 bits per heavy atom. The third-order valence-electron chi connectivity index (χ3n) is 13.2. The van der Waals surface area contributed by atoms with Gasteiger partial charge in [-0.05, 0) is 137 Å². The molecule has 0 aliphatic carbocycles. The Balaban J connectivity index is 4.98. The van der Waals surface area contributed by atoms with Crippen molar-refractivity contribution >= 4 is 18.0 Å².